The highest BCUT2D eigenvalue weighted by molar-refractivity contribution is 9.10. The normalized spacial score (nSPS) is 12.8. The van der Waals surface area contributed by atoms with Crippen molar-refractivity contribution in [3.05, 3.63) is 57.1 Å². The molecule has 0 aromatic heterocycles. The first-order valence-electron chi connectivity index (χ1n) is 7.90. The van der Waals surface area contributed by atoms with E-state index in [1.165, 1.54) is 14.2 Å². The highest BCUT2D eigenvalue weighted by Gasteiger charge is 2.32. The van der Waals surface area contributed by atoms with Gasteiger partial charge in [0.15, 0.2) is 11.5 Å². The first-order valence-corrected chi connectivity index (χ1v) is 8.69. The molecule has 0 radical (unpaired) electrons. The molecule has 0 spiro atoms. The Balaban J connectivity index is 1.84. The number of halogens is 1. The van der Waals surface area contributed by atoms with E-state index in [9.17, 15) is 9.59 Å². The summed E-state index contributed by atoms with van der Waals surface area (Å²) in [5, 5.41) is 0. The van der Waals surface area contributed by atoms with E-state index in [0.717, 1.165) is 15.6 Å². The Morgan fingerprint density at radius 1 is 1.15 bits per heavy atom. The van der Waals surface area contributed by atoms with E-state index >= 15 is 0 Å². The molecule has 0 aliphatic carbocycles. The number of esters is 1. The zero-order valence-electron chi connectivity index (χ0n) is 14.7. The van der Waals surface area contributed by atoms with Crippen molar-refractivity contribution >= 4 is 27.8 Å². The number of rotatable bonds is 5. The number of carbonyl (C=O) groups is 2. The summed E-state index contributed by atoms with van der Waals surface area (Å²) in [6.07, 6.45) is 0. The SMILES string of the molecule is COC(=O)c1ccc(CN2Cc3c(cc(OC)c(OC)c3Br)C2=O)cc1. The highest BCUT2D eigenvalue weighted by Crippen LogP contribution is 2.43. The van der Waals surface area contributed by atoms with Crippen LogP contribution >= 0.6 is 15.9 Å². The van der Waals surface area contributed by atoms with Gasteiger partial charge in [-0.2, -0.15) is 0 Å². The smallest absolute Gasteiger partial charge is 0.337 e. The maximum absolute atomic E-state index is 12.8. The minimum Gasteiger partial charge on any atom is -0.493 e. The second kappa shape index (κ2) is 7.37. The van der Waals surface area contributed by atoms with Gasteiger partial charge >= 0.3 is 5.97 Å². The summed E-state index contributed by atoms with van der Waals surface area (Å²) in [5.41, 5.74) is 2.87. The second-order valence-electron chi connectivity index (χ2n) is 5.80. The lowest BCUT2D eigenvalue weighted by molar-refractivity contribution is 0.0600. The van der Waals surface area contributed by atoms with E-state index < -0.39 is 0 Å². The zero-order valence-corrected chi connectivity index (χ0v) is 16.3. The lowest BCUT2D eigenvalue weighted by atomic mass is 10.1. The zero-order chi connectivity index (χ0) is 18.8. The third-order valence-corrected chi connectivity index (χ3v) is 5.17. The number of fused-ring (bicyclic) bond motifs is 1. The molecule has 1 aliphatic heterocycles. The standard InChI is InChI=1S/C19H18BrNO5/c1-24-15-8-13-14(16(20)17(15)25-2)10-21(18(13)22)9-11-4-6-12(7-5-11)19(23)26-3/h4-8H,9-10H2,1-3H3. The first kappa shape index (κ1) is 18.3. The Labute approximate surface area is 159 Å². The van der Waals surface area contributed by atoms with Crippen molar-refractivity contribution in [1.82, 2.24) is 4.90 Å². The van der Waals surface area contributed by atoms with Gasteiger partial charge in [0.05, 0.1) is 31.4 Å². The average molecular weight is 420 g/mol. The molecule has 1 aliphatic rings. The monoisotopic (exact) mass is 419 g/mol. The van der Waals surface area contributed by atoms with Crippen LogP contribution in [0.1, 0.15) is 31.8 Å². The van der Waals surface area contributed by atoms with E-state index in [1.807, 2.05) is 12.1 Å². The number of hydrogen-bond donors (Lipinski definition) is 0. The van der Waals surface area contributed by atoms with Gasteiger partial charge in [-0.15, -0.1) is 0 Å². The molecule has 2 aromatic rings. The van der Waals surface area contributed by atoms with Crippen molar-refractivity contribution in [3.8, 4) is 11.5 Å². The lowest BCUT2D eigenvalue weighted by Gasteiger charge is -2.16. The van der Waals surface area contributed by atoms with E-state index in [-0.39, 0.29) is 11.9 Å². The molecule has 6 nitrogen and oxygen atoms in total. The van der Waals surface area contributed by atoms with Crippen molar-refractivity contribution in [2.24, 2.45) is 0 Å². The molecule has 0 saturated heterocycles. The van der Waals surface area contributed by atoms with E-state index in [0.29, 0.717) is 35.7 Å². The van der Waals surface area contributed by atoms with Gasteiger partial charge < -0.3 is 19.1 Å². The van der Waals surface area contributed by atoms with Crippen molar-refractivity contribution in [1.29, 1.82) is 0 Å². The predicted molar refractivity (Wildman–Crippen MR) is 98.6 cm³/mol. The van der Waals surface area contributed by atoms with E-state index in [4.69, 9.17) is 14.2 Å². The van der Waals surface area contributed by atoms with Crippen LogP contribution < -0.4 is 9.47 Å². The Bertz CT molecular complexity index is 863. The van der Waals surface area contributed by atoms with Gasteiger partial charge in [-0.1, -0.05) is 12.1 Å². The van der Waals surface area contributed by atoms with Crippen molar-refractivity contribution in [3.63, 3.8) is 0 Å². The minimum absolute atomic E-state index is 0.0707. The Kier molecular flexibility index (Phi) is 5.18. The third kappa shape index (κ3) is 3.14. The molecule has 0 bridgehead atoms. The molecule has 0 unspecified atom stereocenters. The molecule has 26 heavy (non-hydrogen) atoms. The largest absolute Gasteiger partial charge is 0.493 e. The third-order valence-electron chi connectivity index (χ3n) is 4.33. The second-order valence-corrected chi connectivity index (χ2v) is 6.59. The number of nitrogens with zero attached hydrogens (tertiary/aromatic N) is 1. The topological polar surface area (TPSA) is 65.1 Å². The molecule has 2 aromatic carbocycles. The van der Waals surface area contributed by atoms with Gasteiger partial charge in [0.1, 0.15) is 0 Å². The van der Waals surface area contributed by atoms with Gasteiger partial charge in [0, 0.05) is 24.2 Å². The summed E-state index contributed by atoms with van der Waals surface area (Å²) in [7, 11) is 4.44. The maximum Gasteiger partial charge on any atom is 0.337 e. The summed E-state index contributed by atoms with van der Waals surface area (Å²) in [6.45, 7) is 0.903. The molecular formula is C19H18BrNO5. The molecule has 0 fully saturated rings. The van der Waals surface area contributed by atoms with Crippen LogP contribution in [0.25, 0.3) is 0 Å². The summed E-state index contributed by atoms with van der Waals surface area (Å²) in [6, 6.07) is 8.73. The number of hydrogen-bond acceptors (Lipinski definition) is 5. The molecule has 0 atom stereocenters. The fourth-order valence-electron chi connectivity index (χ4n) is 2.98. The predicted octanol–water partition coefficient (Wildman–Crippen LogP) is 3.41. The maximum atomic E-state index is 12.8. The summed E-state index contributed by atoms with van der Waals surface area (Å²) < 4.78 is 16.1. The van der Waals surface area contributed by atoms with Gasteiger partial charge in [-0.3, -0.25) is 4.79 Å². The van der Waals surface area contributed by atoms with Crippen molar-refractivity contribution in [2.45, 2.75) is 13.1 Å². The van der Waals surface area contributed by atoms with Crippen LogP contribution in [0.4, 0.5) is 0 Å². The fourth-order valence-corrected chi connectivity index (χ4v) is 3.68. The van der Waals surface area contributed by atoms with E-state index in [1.54, 1.807) is 30.2 Å². The number of carbonyl (C=O) groups excluding carboxylic acids is 2. The summed E-state index contributed by atoms with van der Waals surface area (Å²) >= 11 is 3.52. The molecule has 0 N–H and O–H groups in total. The van der Waals surface area contributed by atoms with Gasteiger partial charge in [0.2, 0.25) is 0 Å². The van der Waals surface area contributed by atoms with Gasteiger partial charge in [0.25, 0.3) is 5.91 Å². The quantitative estimate of drug-likeness (QED) is 0.694. The van der Waals surface area contributed by atoms with Crippen LogP contribution in [-0.2, 0) is 17.8 Å². The molecular weight excluding hydrogens is 402 g/mol. The Morgan fingerprint density at radius 2 is 1.85 bits per heavy atom. The van der Waals surface area contributed by atoms with Crippen LogP contribution in [0.5, 0.6) is 11.5 Å². The lowest BCUT2D eigenvalue weighted by Crippen LogP contribution is -2.23. The van der Waals surface area contributed by atoms with Crippen molar-refractivity contribution < 1.29 is 23.8 Å². The number of amides is 1. The fraction of sp³-hybridized carbons (Fsp3) is 0.263. The van der Waals surface area contributed by atoms with Crippen LogP contribution in [0.2, 0.25) is 0 Å². The average Bonchev–Trinajstić information content (AvgIpc) is 2.97. The van der Waals surface area contributed by atoms with Crippen LogP contribution in [0.3, 0.4) is 0 Å². The van der Waals surface area contributed by atoms with Crippen LogP contribution in [-0.4, -0.2) is 38.1 Å². The summed E-state index contributed by atoms with van der Waals surface area (Å²) in [5.74, 6) is 0.627. The number of methoxy groups -OCH3 is 3. The van der Waals surface area contributed by atoms with Gasteiger partial charge in [-0.05, 0) is 39.7 Å². The Hall–Kier alpha value is -2.54. The van der Waals surface area contributed by atoms with Gasteiger partial charge in [-0.25, -0.2) is 4.79 Å². The molecule has 7 heteroatoms. The molecule has 3 rings (SSSR count). The molecule has 0 saturated carbocycles. The first-order chi connectivity index (χ1) is 12.5. The number of benzene rings is 2. The summed E-state index contributed by atoms with van der Waals surface area (Å²) in [4.78, 5) is 26.0. The molecule has 1 amide bonds. The highest BCUT2D eigenvalue weighted by atomic mass is 79.9. The molecule has 1 heterocycles. The van der Waals surface area contributed by atoms with Crippen LogP contribution in [0.15, 0.2) is 34.8 Å². The number of ether oxygens (including phenoxy) is 3. The van der Waals surface area contributed by atoms with Crippen LogP contribution in [0, 0.1) is 0 Å². The molecule has 136 valence electrons. The Morgan fingerprint density at radius 3 is 2.42 bits per heavy atom. The minimum atomic E-state index is -0.385. The van der Waals surface area contributed by atoms with Crippen molar-refractivity contribution in [2.75, 3.05) is 21.3 Å². The van der Waals surface area contributed by atoms with E-state index in [2.05, 4.69) is 15.9 Å².